The average Bonchev–Trinajstić information content (AvgIpc) is 3.32. The molecule has 36 heavy (non-hydrogen) atoms. The minimum absolute atomic E-state index is 0.107. The lowest BCUT2D eigenvalue weighted by molar-refractivity contribution is -0.136. The summed E-state index contributed by atoms with van der Waals surface area (Å²) in [6.45, 7) is 2.33. The van der Waals surface area contributed by atoms with E-state index in [-0.39, 0.29) is 12.3 Å². The van der Waals surface area contributed by atoms with Crippen LogP contribution in [-0.4, -0.2) is 48.3 Å². The maximum Gasteiger partial charge on any atom is 0.338 e. The SMILES string of the molecule is CCC1=C(C(=O)OC)C(c2cc(OC)ccc2OC)N2C(CC(=O)NCc3ccncc3)=CSC2=N1. The van der Waals surface area contributed by atoms with Crippen LogP contribution in [0.4, 0.5) is 0 Å². The van der Waals surface area contributed by atoms with Crippen LogP contribution in [0.15, 0.2) is 70.1 Å². The van der Waals surface area contributed by atoms with Crippen molar-refractivity contribution in [1.82, 2.24) is 15.2 Å². The highest BCUT2D eigenvalue weighted by atomic mass is 32.2. The van der Waals surface area contributed by atoms with Crippen molar-refractivity contribution in [1.29, 1.82) is 0 Å². The number of nitrogens with one attached hydrogen (secondary N) is 1. The molecule has 0 aliphatic carbocycles. The van der Waals surface area contributed by atoms with E-state index in [1.54, 1.807) is 38.7 Å². The van der Waals surface area contributed by atoms with Gasteiger partial charge in [-0.25, -0.2) is 9.79 Å². The number of rotatable bonds is 9. The lowest BCUT2D eigenvalue weighted by Crippen LogP contribution is -2.38. The van der Waals surface area contributed by atoms with Gasteiger partial charge in [0.25, 0.3) is 0 Å². The van der Waals surface area contributed by atoms with Crippen LogP contribution in [0.3, 0.4) is 0 Å². The molecule has 0 radical (unpaired) electrons. The zero-order chi connectivity index (χ0) is 25.7. The van der Waals surface area contributed by atoms with Gasteiger partial charge in [0, 0.05) is 30.2 Å². The number of hydrogen-bond acceptors (Lipinski definition) is 9. The van der Waals surface area contributed by atoms with Gasteiger partial charge in [-0.3, -0.25) is 9.78 Å². The Hall–Kier alpha value is -3.79. The van der Waals surface area contributed by atoms with Crippen molar-refractivity contribution in [2.45, 2.75) is 32.4 Å². The third-order valence-electron chi connectivity index (χ3n) is 5.94. The van der Waals surface area contributed by atoms with Crippen LogP contribution >= 0.6 is 11.8 Å². The minimum Gasteiger partial charge on any atom is -0.497 e. The van der Waals surface area contributed by atoms with Crippen molar-refractivity contribution in [3.8, 4) is 11.5 Å². The fraction of sp³-hybridized carbons (Fsp3) is 0.308. The largest absolute Gasteiger partial charge is 0.497 e. The van der Waals surface area contributed by atoms with E-state index in [1.165, 1.54) is 18.9 Å². The number of esters is 1. The van der Waals surface area contributed by atoms with E-state index in [0.717, 1.165) is 11.3 Å². The number of amides is 1. The van der Waals surface area contributed by atoms with Gasteiger partial charge >= 0.3 is 5.97 Å². The third kappa shape index (κ3) is 5.08. The molecule has 10 heteroatoms. The smallest absolute Gasteiger partial charge is 0.338 e. The van der Waals surface area contributed by atoms with Crippen LogP contribution in [0, 0.1) is 0 Å². The first-order valence-corrected chi connectivity index (χ1v) is 12.3. The molecule has 1 aromatic carbocycles. The fourth-order valence-electron chi connectivity index (χ4n) is 4.19. The van der Waals surface area contributed by atoms with E-state index in [2.05, 4.69) is 10.3 Å². The van der Waals surface area contributed by atoms with E-state index < -0.39 is 12.0 Å². The second-order valence-corrected chi connectivity index (χ2v) is 8.85. The average molecular weight is 509 g/mol. The standard InChI is InChI=1S/C26H28N4O5S/c1-5-20-23(25(32)35-4)24(19-13-18(33-2)6-7-21(19)34-3)30-17(15-36-26(30)29-20)12-22(31)28-14-16-8-10-27-11-9-16/h6-11,13,15,24H,5,12,14H2,1-4H3,(H,28,31). The van der Waals surface area contributed by atoms with E-state index in [0.29, 0.717) is 46.5 Å². The molecule has 0 fully saturated rings. The number of thioether (sulfide) groups is 1. The van der Waals surface area contributed by atoms with Crippen molar-refractivity contribution < 1.29 is 23.8 Å². The summed E-state index contributed by atoms with van der Waals surface area (Å²) in [4.78, 5) is 36.7. The third-order valence-corrected chi connectivity index (χ3v) is 6.83. The van der Waals surface area contributed by atoms with Gasteiger partial charge in [-0.1, -0.05) is 18.7 Å². The number of carbonyl (C=O) groups is 2. The highest BCUT2D eigenvalue weighted by Gasteiger charge is 2.42. The Kier molecular flexibility index (Phi) is 7.94. The van der Waals surface area contributed by atoms with Crippen LogP contribution in [0.5, 0.6) is 11.5 Å². The lowest BCUT2D eigenvalue weighted by Gasteiger charge is -2.37. The van der Waals surface area contributed by atoms with Crippen LogP contribution in [-0.2, 0) is 20.9 Å². The zero-order valence-corrected chi connectivity index (χ0v) is 21.4. The lowest BCUT2D eigenvalue weighted by atomic mass is 9.92. The Morgan fingerprint density at radius 1 is 1.11 bits per heavy atom. The van der Waals surface area contributed by atoms with Crippen LogP contribution in [0.1, 0.15) is 36.9 Å². The second kappa shape index (κ2) is 11.3. The summed E-state index contributed by atoms with van der Waals surface area (Å²) in [5, 5.41) is 5.54. The number of carbonyl (C=O) groups excluding carboxylic acids is 2. The number of ether oxygens (including phenoxy) is 3. The molecule has 1 N–H and O–H groups in total. The van der Waals surface area contributed by atoms with E-state index >= 15 is 0 Å². The molecule has 188 valence electrons. The molecule has 0 saturated heterocycles. The van der Waals surface area contributed by atoms with Crippen LogP contribution in [0.2, 0.25) is 0 Å². The minimum atomic E-state index is -0.612. The number of benzene rings is 1. The van der Waals surface area contributed by atoms with Gasteiger partial charge in [0.05, 0.1) is 45.1 Å². The van der Waals surface area contributed by atoms with Crippen LogP contribution in [0.25, 0.3) is 0 Å². The van der Waals surface area contributed by atoms with Gasteiger partial charge in [0.1, 0.15) is 11.5 Å². The molecule has 1 unspecified atom stereocenters. The summed E-state index contributed by atoms with van der Waals surface area (Å²) < 4.78 is 16.3. The molecule has 1 aromatic heterocycles. The molecule has 4 rings (SSSR count). The zero-order valence-electron chi connectivity index (χ0n) is 20.6. The number of pyridine rings is 1. The molecule has 3 heterocycles. The number of methoxy groups -OCH3 is 3. The molecular weight excluding hydrogens is 480 g/mol. The summed E-state index contributed by atoms with van der Waals surface area (Å²) in [6.07, 6.45) is 4.01. The first-order chi connectivity index (χ1) is 17.5. The Balaban J connectivity index is 1.71. The number of nitrogens with zero attached hydrogens (tertiary/aromatic N) is 3. The first kappa shape index (κ1) is 25.3. The molecule has 0 saturated carbocycles. The van der Waals surface area contributed by atoms with Crippen molar-refractivity contribution in [2.24, 2.45) is 4.99 Å². The van der Waals surface area contributed by atoms with Gasteiger partial charge in [-0.15, -0.1) is 0 Å². The molecule has 1 atom stereocenters. The number of aliphatic imine (C=N–C) groups is 1. The Bertz CT molecular complexity index is 1240. The number of amidine groups is 1. The summed E-state index contributed by atoms with van der Waals surface area (Å²) >= 11 is 1.42. The quantitative estimate of drug-likeness (QED) is 0.508. The highest BCUT2D eigenvalue weighted by Crippen LogP contribution is 2.48. The number of hydrogen-bond donors (Lipinski definition) is 1. The Labute approximate surface area is 214 Å². The molecule has 2 aliphatic heterocycles. The molecule has 0 bridgehead atoms. The summed E-state index contributed by atoms with van der Waals surface area (Å²) in [7, 11) is 4.51. The Morgan fingerprint density at radius 3 is 2.56 bits per heavy atom. The topological polar surface area (TPSA) is 102 Å². The maximum absolute atomic E-state index is 13.1. The molecule has 2 aromatic rings. The fourth-order valence-corrected chi connectivity index (χ4v) is 5.13. The van der Waals surface area contributed by atoms with Gasteiger partial charge in [-0.2, -0.15) is 0 Å². The van der Waals surface area contributed by atoms with Gasteiger partial charge < -0.3 is 24.4 Å². The van der Waals surface area contributed by atoms with E-state index in [4.69, 9.17) is 19.2 Å². The molecule has 0 spiro atoms. The molecule has 9 nitrogen and oxygen atoms in total. The first-order valence-electron chi connectivity index (χ1n) is 11.4. The van der Waals surface area contributed by atoms with Crippen LogP contribution < -0.4 is 14.8 Å². The molecule has 2 aliphatic rings. The predicted octanol–water partition coefficient (Wildman–Crippen LogP) is 3.94. The predicted molar refractivity (Wildman–Crippen MR) is 137 cm³/mol. The van der Waals surface area contributed by atoms with E-state index in [9.17, 15) is 9.59 Å². The van der Waals surface area contributed by atoms with E-state index in [1.807, 2.05) is 35.4 Å². The highest BCUT2D eigenvalue weighted by molar-refractivity contribution is 8.16. The van der Waals surface area contributed by atoms with Gasteiger partial charge in [-0.05, 0) is 47.7 Å². The van der Waals surface area contributed by atoms with Crippen molar-refractivity contribution in [3.05, 3.63) is 76.2 Å². The van der Waals surface area contributed by atoms with Crippen molar-refractivity contribution in [3.63, 3.8) is 0 Å². The van der Waals surface area contributed by atoms with Crippen molar-refractivity contribution >= 4 is 28.8 Å². The van der Waals surface area contributed by atoms with Crippen molar-refractivity contribution in [2.75, 3.05) is 21.3 Å². The molecular formula is C26H28N4O5S. The summed E-state index contributed by atoms with van der Waals surface area (Å²) in [5.74, 6) is 0.561. The summed E-state index contributed by atoms with van der Waals surface area (Å²) in [5.41, 5.74) is 3.42. The van der Waals surface area contributed by atoms with Gasteiger partial charge in [0.2, 0.25) is 5.91 Å². The molecule has 1 amide bonds. The Morgan fingerprint density at radius 2 is 1.89 bits per heavy atom. The monoisotopic (exact) mass is 508 g/mol. The number of aromatic nitrogens is 1. The number of allylic oxidation sites excluding steroid dienone is 1. The van der Waals surface area contributed by atoms with Gasteiger partial charge in [0.15, 0.2) is 5.17 Å². The second-order valence-electron chi connectivity index (χ2n) is 8.02. The maximum atomic E-state index is 13.1. The number of fused-ring (bicyclic) bond motifs is 1. The normalized spacial score (nSPS) is 16.7. The summed E-state index contributed by atoms with van der Waals surface area (Å²) in [6, 6.07) is 8.53.